The van der Waals surface area contributed by atoms with Crippen molar-refractivity contribution in [2.24, 2.45) is 0 Å². The molecule has 16 heavy (non-hydrogen) atoms. The van der Waals surface area contributed by atoms with E-state index in [9.17, 15) is 0 Å². The van der Waals surface area contributed by atoms with E-state index in [0.717, 1.165) is 19.5 Å². The number of imidazole rings is 1. The van der Waals surface area contributed by atoms with Crippen molar-refractivity contribution < 1.29 is 0 Å². The number of hydrogen-bond acceptors (Lipinski definition) is 3. The van der Waals surface area contributed by atoms with Gasteiger partial charge in [-0.25, -0.2) is 4.98 Å². The molecule has 0 radical (unpaired) electrons. The Labute approximate surface area is 96.4 Å². The normalized spacial score (nSPS) is 35.2. The quantitative estimate of drug-likeness (QED) is 0.682. The van der Waals surface area contributed by atoms with E-state index >= 15 is 0 Å². The number of H-pyrrole nitrogens is 1. The van der Waals surface area contributed by atoms with Gasteiger partial charge in [0.25, 0.3) is 0 Å². The van der Waals surface area contributed by atoms with Crippen molar-refractivity contribution in [1.82, 2.24) is 20.2 Å². The number of nitrogens with one attached hydrogen (secondary N) is 2. The van der Waals surface area contributed by atoms with Crippen molar-refractivity contribution in [3.63, 3.8) is 0 Å². The van der Waals surface area contributed by atoms with Gasteiger partial charge in [-0.2, -0.15) is 0 Å². The van der Waals surface area contributed by atoms with Gasteiger partial charge in [0.1, 0.15) is 0 Å². The highest BCUT2D eigenvalue weighted by Crippen LogP contribution is 2.37. The van der Waals surface area contributed by atoms with Crippen LogP contribution in [0.1, 0.15) is 31.2 Å². The minimum absolute atomic E-state index is 0.138. The summed E-state index contributed by atoms with van der Waals surface area (Å²) >= 11 is 0. The lowest BCUT2D eigenvalue weighted by Crippen LogP contribution is -2.56. The van der Waals surface area contributed by atoms with Crippen LogP contribution in [0.15, 0.2) is 6.33 Å². The zero-order valence-electron chi connectivity index (χ0n) is 10.1. The lowest BCUT2D eigenvalue weighted by Gasteiger charge is -2.46. The summed E-state index contributed by atoms with van der Waals surface area (Å²) in [6.45, 7) is 4.54. The smallest absolute Gasteiger partial charge is 0.0926 e. The Kier molecular flexibility index (Phi) is 2.30. The molecule has 2 aliphatic heterocycles. The standard InChI is InChI=1S/C12H20N4/c1-9-7-12(4-6-16(9)2)11-10(3-5-15-12)13-8-14-11/h8-9,15H,3-7H2,1-2H3,(H,13,14). The van der Waals surface area contributed by atoms with Crippen molar-refractivity contribution >= 4 is 0 Å². The maximum absolute atomic E-state index is 4.56. The molecule has 0 bridgehead atoms. The molecule has 0 amide bonds. The lowest BCUT2D eigenvalue weighted by atomic mass is 9.78. The first kappa shape index (κ1) is 10.3. The predicted molar refractivity (Wildman–Crippen MR) is 63.3 cm³/mol. The Morgan fingerprint density at radius 3 is 3.25 bits per heavy atom. The average Bonchev–Trinajstić information content (AvgIpc) is 2.74. The summed E-state index contributed by atoms with van der Waals surface area (Å²) in [6, 6.07) is 0.629. The molecule has 2 N–H and O–H groups in total. The topological polar surface area (TPSA) is 44.0 Å². The van der Waals surface area contributed by atoms with Crippen LogP contribution in [-0.2, 0) is 12.0 Å². The van der Waals surface area contributed by atoms with Crippen LogP contribution in [0.2, 0.25) is 0 Å². The van der Waals surface area contributed by atoms with E-state index in [4.69, 9.17) is 0 Å². The summed E-state index contributed by atoms with van der Waals surface area (Å²) in [4.78, 5) is 10.3. The van der Waals surface area contributed by atoms with E-state index in [2.05, 4.69) is 34.2 Å². The van der Waals surface area contributed by atoms with E-state index in [1.807, 2.05) is 6.33 Å². The van der Waals surface area contributed by atoms with Gasteiger partial charge in [0.05, 0.1) is 17.6 Å². The molecule has 2 unspecified atom stereocenters. The molecule has 0 aliphatic carbocycles. The fourth-order valence-corrected chi connectivity index (χ4v) is 3.16. The molecule has 2 aliphatic rings. The van der Waals surface area contributed by atoms with E-state index in [0.29, 0.717) is 6.04 Å². The molecule has 4 nitrogen and oxygen atoms in total. The van der Waals surface area contributed by atoms with Crippen molar-refractivity contribution in [2.75, 3.05) is 20.1 Å². The molecule has 0 saturated carbocycles. The highest BCUT2D eigenvalue weighted by molar-refractivity contribution is 5.26. The maximum atomic E-state index is 4.56. The minimum atomic E-state index is 0.138. The fraction of sp³-hybridized carbons (Fsp3) is 0.750. The SMILES string of the molecule is CC1CC2(CCN1C)NCCc1[nH]cnc12. The van der Waals surface area contributed by atoms with Crippen LogP contribution in [-0.4, -0.2) is 41.0 Å². The molecule has 1 aromatic rings. The number of likely N-dealkylation sites (tertiary alicyclic amines) is 1. The third kappa shape index (κ3) is 1.40. The molecule has 1 aromatic heterocycles. The van der Waals surface area contributed by atoms with Crippen molar-refractivity contribution in [1.29, 1.82) is 0 Å². The minimum Gasteiger partial charge on any atom is -0.348 e. The third-order valence-electron chi connectivity index (χ3n) is 4.30. The lowest BCUT2D eigenvalue weighted by molar-refractivity contribution is 0.0985. The van der Waals surface area contributed by atoms with Gasteiger partial charge in [-0.05, 0) is 26.8 Å². The van der Waals surface area contributed by atoms with Gasteiger partial charge in [-0.1, -0.05) is 0 Å². The van der Waals surface area contributed by atoms with E-state index < -0.39 is 0 Å². The first-order valence-corrected chi connectivity index (χ1v) is 6.19. The molecule has 1 saturated heterocycles. The molecule has 1 fully saturated rings. The second-order valence-electron chi connectivity index (χ2n) is 5.27. The molecule has 3 heterocycles. The number of aromatic amines is 1. The van der Waals surface area contributed by atoms with Crippen LogP contribution < -0.4 is 5.32 Å². The number of nitrogens with zero attached hydrogens (tertiary/aromatic N) is 2. The molecule has 3 rings (SSSR count). The van der Waals surface area contributed by atoms with Crippen molar-refractivity contribution in [2.45, 2.75) is 37.8 Å². The number of hydrogen-bond donors (Lipinski definition) is 2. The van der Waals surface area contributed by atoms with Crippen molar-refractivity contribution in [3.8, 4) is 0 Å². The van der Waals surface area contributed by atoms with Gasteiger partial charge < -0.3 is 15.2 Å². The Balaban J connectivity index is 1.96. The summed E-state index contributed by atoms with van der Waals surface area (Å²) in [7, 11) is 2.21. The van der Waals surface area contributed by atoms with E-state index in [1.165, 1.54) is 24.2 Å². The monoisotopic (exact) mass is 220 g/mol. The molecule has 88 valence electrons. The maximum Gasteiger partial charge on any atom is 0.0926 e. The van der Waals surface area contributed by atoms with Gasteiger partial charge in [-0.15, -0.1) is 0 Å². The molecular weight excluding hydrogens is 200 g/mol. The number of aromatic nitrogens is 2. The number of fused-ring (bicyclic) bond motifs is 2. The second kappa shape index (κ2) is 3.57. The van der Waals surface area contributed by atoms with Crippen LogP contribution in [0.5, 0.6) is 0 Å². The molecule has 1 spiro atoms. The zero-order valence-corrected chi connectivity index (χ0v) is 10.1. The second-order valence-corrected chi connectivity index (χ2v) is 5.27. The van der Waals surface area contributed by atoms with Gasteiger partial charge in [0, 0.05) is 31.2 Å². The molecule has 4 heteroatoms. The predicted octanol–water partition coefficient (Wildman–Crippen LogP) is 0.865. The van der Waals surface area contributed by atoms with Crippen LogP contribution in [0.4, 0.5) is 0 Å². The van der Waals surface area contributed by atoms with Gasteiger partial charge in [0.15, 0.2) is 0 Å². The summed E-state index contributed by atoms with van der Waals surface area (Å²) in [6.07, 6.45) is 5.27. The Morgan fingerprint density at radius 2 is 2.44 bits per heavy atom. The summed E-state index contributed by atoms with van der Waals surface area (Å²) in [5, 5.41) is 3.72. The van der Waals surface area contributed by atoms with Gasteiger partial charge in [0.2, 0.25) is 0 Å². The van der Waals surface area contributed by atoms with Gasteiger partial charge >= 0.3 is 0 Å². The highest BCUT2D eigenvalue weighted by Gasteiger charge is 2.42. The van der Waals surface area contributed by atoms with E-state index in [-0.39, 0.29) is 5.54 Å². The summed E-state index contributed by atoms with van der Waals surface area (Å²) < 4.78 is 0. The van der Waals surface area contributed by atoms with Gasteiger partial charge in [-0.3, -0.25) is 0 Å². The fourth-order valence-electron chi connectivity index (χ4n) is 3.16. The largest absolute Gasteiger partial charge is 0.348 e. The van der Waals surface area contributed by atoms with E-state index in [1.54, 1.807) is 0 Å². The molecule has 2 atom stereocenters. The Bertz CT molecular complexity index is 386. The van der Waals surface area contributed by atoms with Crippen LogP contribution in [0, 0.1) is 0 Å². The average molecular weight is 220 g/mol. The number of rotatable bonds is 0. The first-order chi connectivity index (χ1) is 7.71. The Morgan fingerprint density at radius 1 is 1.56 bits per heavy atom. The van der Waals surface area contributed by atoms with Crippen LogP contribution in [0.25, 0.3) is 0 Å². The molecule has 0 aromatic carbocycles. The summed E-state index contributed by atoms with van der Waals surface area (Å²) in [5.74, 6) is 0. The first-order valence-electron chi connectivity index (χ1n) is 6.19. The zero-order chi connectivity index (χ0) is 11.2. The van der Waals surface area contributed by atoms with Crippen LogP contribution in [0.3, 0.4) is 0 Å². The Hall–Kier alpha value is -0.870. The summed E-state index contributed by atoms with van der Waals surface area (Å²) in [5.41, 5.74) is 2.76. The third-order valence-corrected chi connectivity index (χ3v) is 4.30. The van der Waals surface area contributed by atoms with Crippen LogP contribution >= 0.6 is 0 Å². The molecular formula is C12H20N4. The van der Waals surface area contributed by atoms with Crippen molar-refractivity contribution in [3.05, 3.63) is 17.7 Å². The highest BCUT2D eigenvalue weighted by atomic mass is 15.2. The number of piperidine rings is 1.